The van der Waals surface area contributed by atoms with E-state index in [0.29, 0.717) is 17.4 Å². The smallest absolute Gasteiger partial charge is 0.128 e. The molecule has 0 saturated heterocycles. The molecule has 1 heterocycles. The zero-order valence-corrected chi connectivity index (χ0v) is 9.49. The average molecular weight is 209 g/mol. The summed E-state index contributed by atoms with van der Waals surface area (Å²) in [6.45, 7) is 6.10. The van der Waals surface area contributed by atoms with Crippen molar-refractivity contribution in [1.29, 1.82) is 0 Å². The number of nitrogens with two attached hydrogens (primary N) is 1. The van der Waals surface area contributed by atoms with Crippen LogP contribution in [0.1, 0.15) is 19.4 Å². The predicted molar refractivity (Wildman–Crippen MR) is 62.7 cm³/mol. The highest BCUT2D eigenvalue weighted by atomic mass is 16.3. The van der Waals surface area contributed by atoms with Gasteiger partial charge in [0.15, 0.2) is 0 Å². The predicted octanol–water partition coefficient (Wildman–Crippen LogP) is 1.40. The lowest BCUT2D eigenvalue weighted by molar-refractivity contribution is 0.249. The molecule has 0 aromatic carbocycles. The lowest BCUT2D eigenvalue weighted by atomic mass is 10.1. The van der Waals surface area contributed by atoms with Crippen LogP contribution in [0.2, 0.25) is 0 Å². The van der Waals surface area contributed by atoms with Crippen LogP contribution in [0.5, 0.6) is 0 Å². The number of rotatable bonds is 4. The Morgan fingerprint density at radius 2 is 2.20 bits per heavy atom. The third-order valence-corrected chi connectivity index (χ3v) is 2.48. The molecular weight excluding hydrogens is 190 g/mol. The zero-order chi connectivity index (χ0) is 11.4. The van der Waals surface area contributed by atoms with Crippen molar-refractivity contribution < 1.29 is 5.11 Å². The van der Waals surface area contributed by atoms with Crippen LogP contribution < -0.4 is 11.1 Å². The first-order valence-electron chi connectivity index (χ1n) is 5.14. The molecule has 0 spiro atoms. The van der Waals surface area contributed by atoms with E-state index in [1.807, 2.05) is 20.8 Å². The third kappa shape index (κ3) is 3.09. The zero-order valence-electron chi connectivity index (χ0n) is 9.49. The summed E-state index contributed by atoms with van der Waals surface area (Å²) in [5.41, 5.74) is 7.45. The lowest BCUT2D eigenvalue weighted by Gasteiger charge is -2.20. The van der Waals surface area contributed by atoms with Crippen LogP contribution >= 0.6 is 0 Å². The molecule has 0 aliphatic carbocycles. The van der Waals surface area contributed by atoms with Crippen molar-refractivity contribution in [3.8, 4) is 0 Å². The molecule has 1 atom stereocenters. The Kier molecular flexibility index (Phi) is 3.91. The van der Waals surface area contributed by atoms with Gasteiger partial charge in [0.25, 0.3) is 0 Å². The first-order chi connectivity index (χ1) is 7.04. The van der Waals surface area contributed by atoms with Crippen LogP contribution in [-0.2, 0) is 0 Å². The number of hydrogen-bond donors (Lipinski definition) is 3. The van der Waals surface area contributed by atoms with Crippen molar-refractivity contribution in [3.05, 3.63) is 17.8 Å². The molecule has 4 N–H and O–H groups in total. The molecule has 84 valence electrons. The number of nitrogen functional groups attached to an aromatic ring is 1. The van der Waals surface area contributed by atoms with E-state index in [0.717, 1.165) is 5.56 Å². The monoisotopic (exact) mass is 209 g/mol. The summed E-state index contributed by atoms with van der Waals surface area (Å²) < 4.78 is 0. The van der Waals surface area contributed by atoms with Crippen LogP contribution in [0.4, 0.5) is 11.5 Å². The first kappa shape index (κ1) is 11.8. The van der Waals surface area contributed by atoms with Crippen molar-refractivity contribution in [1.82, 2.24) is 4.98 Å². The van der Waals surface area contributed by atoms with E-state index < -0.39 is 0 Å². The summed E-state index contributed by atoms with van der Waals surface area (Å²) in [6.07, 6.45) is 1.73. The molecule has 1 rings (SSSR count). The number of hydrogen-bond acceptors (Lipinski definition) is 4. The number of nitrogens with zero attached hydrogens (tertiary/aromatic N) is 1. The Balaban J connectivity index is 2.75. The van der Waals surface area contributed by atoms with Gasteiger partial charge in [-0.1, -0.05) is 13.8 Å². The Hall–Kier alpha value is -1.29. The van der Waals surface area contributed by atoms with Crippen LogP contribution in [-0.4, -0.2) is 22.7 Å². The van der Waals surface area contributed by atoms with Crippen LogP contribution in [0, 0.1) is 12.8 Å². The molecule has 0 fully saturated rings. The summed E-state index contributed by atoms with van der Waals surface area (Å²) in [5, 5.41) is 12.3. The number of aliphatic hydroxyl groups is 1. The van der Waals surface area contributed by atoms with Crippen molar-refractivity contribution in [3.63, 3.8) is 0 Å². The van der Waals surface area contributed by atoms with Gasteiger partial charge in [-0.15, -0.1) is 0 Å². The van der Waals surface area contributed by atoms with Crippen LogP contribution in [0.3, 0.4) is 0 Å². The van der Waals surface area contributed by atoms with E-state index in [1.54, 1.807) is 12.3 Å². The second-order valence-electron chi connectivity index (χ2n) is 4.10. The lowest BCUT2D eigenvalue weighted by Crippen LogP contribution is -2.29. The minimum absolute atomic E-state index is 0.0135. The van der Waals surface area contributed by atoms with E-state index in [-0.39, 0.29) is 12.6 Å². The van der Waals surface area contributed by atoms with Crippen molar-refractivity contribution in [2.45, 2.75) is 26.8 Å². The molecule has 1 aromatic heterocycles. The third-order valence-electron chi connectivity index (χ3n) is 2.48. The molecule has 0 amide bonds. The van der Waals surface area contributed by atoms with Gasteiger partial charge in [-0.2, -0.15) is 0 Å². The second kappa shape index (κ2) is 4.98. The Bertz CT molecular complexity index is 326. The fraction of sp³-hybridized carbons (Fsp3) is 0.545. The highest BCUT2D eigenvalue weighted by Crippen LogP contribution is 2.16. The molecule has 4 nitrogen and oxygen atoms in total. The molecule has 0 bridgehead atoms. The summed E-state index contributed by atoms with van der Waals surface area (Å²) in [7, 11) is 0. The molecule has 0 saturated carbocycles. The minimum Gasteiger partial charge on any atom is -0.398 e. The number of nitrogens with one attached hydrogen (secondary N) is 1. The molecule has 0 radical (unpaired) electrons. The van der Waals surface area contributed by atoms with E-state index in [1.165, 1.54) is 0 Å². The topological polar surface area (TPSA) is 71.2 Å². The number of anilines is 2. The van der Waals surface area contributed by atoms with Gasteiger partial charge >= 0.3 is 0 Å². The fourth-order valence-electron chi connectivity index (χ4n) is 1.23. The van der Waals surface area contributed by atoms with E-state index in [9.17, 15) is 0 Å². The van der Waals surface area contributed by atoms with Gasteiger partial charge in [0.1, 0.15) is 5.82 Å². The molecule has 4 heteroatoms. The second-order valence-corrected chi connectivity index (χ2v) is 4.10. The van der Waals surface area contributed by atoms with Gasteiger partial charge in [-0.25, -0.2) is 4.98 Å². The quantitative estimate of drug-likeness (QED) is 0.701. The van der Waals surface area contributed by atoms with Gasteiger partial charge in [0.2, 0.25) is 0 Å². The Morgan fingerprint density at radius 3 is 2.67 bits per heavy atom. The maximum absolute atomic E-state index is 9.16. The Labute approximate surface area is 90.5 Å². The first-order valence-corrected chi connectivity index (χ1v) is 5.14. The van der Waals surface area contributed by atoms with Gasteiger partial charge in [0.05, 0.1) is 12.6 Å². The normalized spacial score (nSPS) is 12.9. The van der Waals surface area contributed by atoms with Crippen molar-refractivity contribution in [2.75, 3.05) is 17.7 Å². The molecule has 1 aromatic rings. The molecule has 0 unspecified atom stereocenters. The van der Waals surface area contributed by atoms with E-state index in [4.69, 9.17) is 10.8 Å². The van der Waals surface area contributed by atoms with Crippen molar-refractivity contribution >= 4 is 11.5 Å². The fourth-order valence-corrected chi connectivity index (χ4v) is 1.23. The largest absolute Gasteiger partial charge is 0.398 e. The molecule has 15 heavy (non-hydrogen) atoms. The summed E-state index contributed by atoms with van der Waals surface area (Å²) in [6, 6.07) is 1.81. The van der Waals surface area contributed by atoms with Gasteiger partial charge < -0.3 is 16.2 Å². The van der Waals surface area contributed by atoms with Gasteiger partial charge in [-0.3, -0.25) is 0 Å². The summed E-state index contributed by atoms with van der Waals surface area (Å²) in [5.74, 6) is 1.06. The highest BCUT2D eigenvalue weighted by molar-refractivity contribution is 5.53. The maximum Gasteiger partial charge on any atom is 0.128 e. The molecular formula is C11H19N3O. The van der Waals surface area contributed by atoms with Crippen LogP contribution in [0.25, 0.3) is 0 Å². The SMILES string of the molecule is Cc1cnc(N[C@H](CO)C(C)C)cc1N. The van der Waals surface area contributed by atoms with Gasteiger partial charge in [-0.05, 0) is 18.4 Å². The van der Waals surface area contributed by atoms with Gasteiger partial charge in [0, 0.05) is 18.0 Å². The summed E-state index contributed by atoms with van der Waals surface area (Å²) in [4.78, 5) is 4.21. The minimum atomic E-state index is 0.0135. The number of pyridine rings is 1. The molecule has 0 aliphatic heterocycles. The van der Waals surface area contributed by atoms with E-state index >= 15 is 0 Å². The summed E-state index contributed by atoms with van der Waals surface area (Å²) >= 11 is 0. The van der Waals surface area contributed by atoms with Crippen LogP contribution in [0.15, 0.2) is 12.3 Å². The Morgan fingerprint density at radius 1 is 1.53 bits per heavy atom. The van der Waals surface area contributed by atoms with Crippen molar-refractivity contribution in [2.24, 2.45) is 5.92 Å². The standard InChI is InChI=1S/C11H19N3O/c1-7(2)10(6-15)14-11-4-9(12)8(3)5-13-11/h4-5,7,10,15H,6H2,1-3H3,(H3,12,13,14)/t10-/m1/s1. The maximum atomic E-state index is 9.16. The van der Waals surface area contributed by atoms with E-state index in [2.05, 4.69) is 10.3 Å². The number of aromatic nitrogens is 1. The molecule has 0 aliphatic rings. The highest BCUT2D eigenvalue weighted by Gasteiger charge is 2.12. The average Bonchev–Trinajstić information content (AvgIpc) is 2.19. The number of aliphatic hydroxyl groups excluding tert-OH is 1. The number of aryl methyl sites for hydroxylation is 1.